The van der Waals surface area contributed by atoms with Crippen molar-refractivity contribution in [1.82, 2.24) is 10.2 Å². The highest BCUT2D eigenvalue weighted by Crippen LogP contribution is 2.28. The van der Waals surface area contributed by atoms with Crippen LogP contribution in [0.3, 0.4) is 0 Å². The first kappa shape index (κ1) is 14.9. The third-order valence-corrected chi connectivity index (χ3v) is 5.05. The lowest BCUT2D eigenvalue weighted by Gasteiger charge is -2.33. The fourth-order valence-corrected chi connectivity index (χ4v) is 3.93. The zero-order valence-corrected chi connectivity index (χ0v) is 12.9. The molecule has 21 heavy (non-hydrogen) atoms. The van der Waals surface area contributed by atoms with Crippen LogP contribution in [0.15, 0.2) is 24.3 Å². The normalized spacial score (nSPS) is 25.6. The summed E-state index contributed by atoms with van der Waals surface area (Å²) in [6.45, 7) is 4.42. The highest BCUT2D eigenvalue weighted by Gasteiger charge is 2.26. The van der Waals surface area contributed by atoms with Gasteiger partial charge in [-0.1, -0.05) is 31.4 Å². The molecule has 3 nitrogen and oxygen atoms in total. The predicted molar refractivity (Wildman–Crippen MR) is 86.4 cm³/mol. The van der Waals surface area contributed by atoms with Crippen molar-refractivity contribution in [3.8, 4) is 5.75 Å². The average Bonchev–Trinajstić information content (AvgIpc) is 2.74. The summed E-state index contributed by atoms with van der Waals surface area (Å²) >= 11 is 0. The van der Waals surface area contributed by atoms with Gasteiger partial charge in [0.1, 0.15) is 5.75 Å². The fraction of sp³-hybridized carbons (Fsp3) is 0.667. The smallest absolute Gasteiger partial charge is 0.115 e. The van der Waals surface area contributed by atoms with E-state index in [1.54, 1.807) is 6.07 Å². The van der Waals surface area contributed by atoms with E-state index in [0.717, 1.165) is 32.1 Å². The topological polar surface area (TPSA) is 35.5 Å². The minimum Gasteiger partial charge on any atom is -0.508 e. The lowest BCUT2D eigenvalue weighted by atomic mass is 9.83. The lowest BCUT2D eigenvalue weighted by Crippen LogP contribution is -2.43. The SMILES string of the molecule is Oc1cccc(CN2CCCNC(C3CCCCC3)C2)c1. The predicted octanol–water partition coefficient (Wildman–Crippen LogP) is 3.14. The maximum absolute atomic E-state index is 9.62. The number of hydrogen-bond acceptors (Lipinski definition) is 3. The zero-order valence-electron chi connectivity index (χ0n) is 12.9. The van der Waals surface area contributed by atoms with Crippen LogP contribution in [-0.2, 0) is 6.54 Å². The van der Waals surface area contributed by atoms with Gasteiger partial charge < -0.3 is 10.4 Å². The third-order valence-electron chi connectivity index (χ3n) is 5.05. The van der Waals surface area contributed by atoms with Crippen LogP contribution in [0.2, 0.25) is 0 Å². The van der Waals surface area contributed by atoms with Gasteiger partial charge in [-0.15, -0.1) is 0 Å². The van der Waals surface area contributed by atoms with Crippen molar-refractivity contribution in [2.24, 2.45) is 5.92 Å². The molecule has 1 aliphatic carbocycles. The van der Waals surface area contributed by atoms with Crippen LogP contribution in [0.5, 0.6) is 5.75 Å². The molecule has 1 aliphatic heterocycles. The van der Waals surface area contributed by atoms with Crippen molar-refractivity contribution in [3.63, 3.8) is 0 Å². The molecule has 3 rings (SSSR count). The Labute approximate surface area is 128 Å². The van der Waals surface area contributed by atoms with Crippen molar-refractivity contribution in [2.45, 2.75) is 51.1 Å². The molecular weight excluding hydrogens is 260 g/mol. The first-order valence-corrected chi connectivity index (χ1v) is 8.55. The van der Waals surface area contributed by atoms with E-state index in [1.165, 1.54) is 44.1 Å². The standard InChI is InChI=1S/C18H28N2O/c21-17-9-4-6-15(12-17)13-20-11-5-10-19-18(14-20)16-7-2-1-3-8-16/h4,6,9,12,16,18-19,21H,1-3,5,7-8,10-11,13-14H2. The molecule has 116 valence electrons. The van der Waals surface area contributed by atoms with Crippen LogP contribution >= 0.6 is 0 Å². The monoisotopic (exact) mass is 288 g/mol. The van der Waals surface area contributed by atoms with Crippen molar-refractivity contribution in [2.75, 3.05) is 19.6 Å². The van der Waals surface area contributed by atoms with Gasteiger partial charge in [0, 0.05) is 19.1 Å². The minimum atomic E-state index is 0.379. The quantitative estimate of drug-likeness (QED) is 0.897. The number of nitrogens with one attached hydrogen (secondary N) is 1. The Morgan fingerprint density at radius 1 is 1.14 bits per heavy atom. The van der Waals surface area contributed by atoms with Gasteiger partial charge in [0.25, 0.3) is 0 Å². The molecule has 1 unspecified atom stereocenters. The number of phenolic OH excluding ortho intramolecular Hbond substituents is 1. The summed E-state index contributed by atoms with van der Waals surface area (Å²) in [7, 11) is 0. The highest BCUT2D eigenvalue weighted by molar-refractivity contribution is 5.27. The van der Waals surface area contributed by atoms with Crippen LogP contribution in [-0.4, -0.2) is 35.7 Å². The highest BCUT2D eigenvalue weighted by atomic mass is 16.3. The summed E-state index contributed by atoms with van der Waals surface area (Å²) in [6.07, 6.45) is 8.28. The van der Waals surface area contributed by atoms with Crippen molar-refractivity contribution in [3.05, 3.63) is 29.8 Å². The first-order chi connectivity index (χ1) is 10.3. The second-order valence-corrected chi connectivity index (χ2v) is 6.72. The molecule has 3 heteroatoms. The van der Waals surface area contributed by atoms with E-state index in [1.807, 2.05) is 12.1 Å². The van der Waals surface area contributed by atoms with Gasteiger partial charge in [0.2, 0.25) is 0 Å². The first-order valence-electron chi connectivity index (χ1n) is 8.55. The van der Waals surface area contributed by atoms with Crippen LogP contribution in [0, 0.1) is 5.92 Å². The number of benzene rings is 1. The summed E-state index contributed by atoms with van der Waals surface area (Å²) in [5.41, 5.74) is 1.22. The van der Waals surface area contributed by atoms with Gasteiger partial charge in [-0.3, -0.25) is 4.90 Å². The van der Waals surface area contributed by atoms with Crippen LogP contribution in [0.1, 0.15) is 44.1 Å². The summed E-state index contributed by atoms with van der Waals surface area (Å²) < 4.78 is 0. The Balaban J connectivity index is 1.61. The van der Waals surface area contributed by atoms with Crippen molar-refractivity contribution < 1.29 is 5.11 Å². The summed E-state index contributed by atoms with van der Waals surface area (Å²) in [5, 5.41) is 13.4. The van der Waals surface area contributed by atoms with E-state index in [9.17, 15) is 5.11 Å². The van der Waals surface area contributed by atoms with E-state index in [0.29, 0.717) is 11.8 Å². The molecular formula is C18H28N2O. The van der Waals surface area contributed by atoms with Gasteiger partial charge in [0.05, 0.1) is 0 Å². The fourth-order valence-electron chi connectivity index (χ4n) is 3.93. The number of phenols is 1. The Morgan fingerprint density at radius 3 is 2.81 bits per heavy atom. The van der Waals surface area contributed by atoms with Gasteiger partial charge in [-0.2, -0.15) is 0 Å². The van der Waals surface area contributed by atoms with Crippen LogP contribution in [0.4, 0.5) is 0 Å². The molecule has 1 atom stereocenters. The Kier molecular flexibility index (Phi) is 5.15. The molecule has 1 aromatic rings. The molecule has 1 saturated heterocycles. The van der Waals surface area contributed by atoms with Gasteiger partial charge in [-0.05, 0) is 56.0 Å². The van der Waals surface area contributed by atoms with E-state index < -0.39 is 0 Å². The third kappa shape index (κ3) is 4.21. The Bertz CT molecular complexity index is 443. The van der Waals surface area contributed by atoms with Crippen LogP contribution in [0.25, 0.3) is 0 Å². The lowest BCUT2D eigenvalue weighted by molar-refractivity contribution is 0.201. The minimum absolute atomic E-state index is 0.379. The molecule has 0 spiro atoms. The molecule has 0 radical (unpaired) electrons. The van der Waals surface area contributed by atoms with Gasteiger partial charge in [-0.25, -0.2) is 0 Å². The van der Waals surface area contributed by atoms with E-state index in [2.05, 4.69) is 16.3 Å². The molecule has 2 N–H and O–H groups in total. The number of hydrogen-bond donors (Lipinski definition) is 2. The maximum Gasteiger partial charge on any atom is 0.115 e. The summed E-state index contributed by atoms with van der Waals surface area (Å²) in [5.74, 6) is 1.24. The van der Waals surface area contributed by atoms with Gasteiger partial charge >= 0.3 is 0 Å². The second-order valence-electron chi connectivity index (χ2n) is 6.72. The summed E-state index contributed by atoms with van der Waals surface area (Å²) in [4.78, 5) is 2.56. The number of rotatable bonds is 3. The van der Waals surface area contributed by atoms with Crippen LogP contribution < -0.4 is 5.32 Å². The summed E-state index contributed by atoms with van der Waals surface area (Å²) in [6, 6.07) is 8.37. The number of aromatic hydroxyl groups is 1. The zero-order chi connectivity index (χ0) is 14.5. The van der Waals surface area contributed by atoms with E-state index in [-0.39, 0.29) is 0 Å². The molecule has 2 fully saturated rings. The van der Waals surface area contributed by atoms with Gasteiger partial charge in [0.15, 0.2) is 0 Å². The Hall–Kier alpha value is -1.06. The van der Waals surface area contributed by atoms with Crippen molar-refractivity contribution in [1.29, 1.82) is 0 Å². The largest absolute Gasteiger partial charge is 0.508 e. The van der Waals surface area contributed by atoms with E-state index in [4.69, 9.17) is 0 Å². The maximum atomic E-state index is 9.62. The molecule has 1 saturated carbocycles. The molecule has 1 aromatic carbocycles. The average molecular weight is 288 g/mol. The molecule has 0 aromatic heterocycles. The molecule has 2 aliphatic rings. The van der Waals surface area contributed by atoms with Crippen molar-refractivity contribution >= 4 is 0 Å². The second kappa shape index (κ2) is 7.28. The molecule has 0 bridgehead atoms. The van der Waals surface area contributed by atoms with E-state index >= 15 is 0 Å². The molecule has 0 amide bonds. The molecule has 1 heterocycles. The number of nitrogens with zero attached hydrogens (tertiary/aromatic N) is 1. The Morgan fingerprint density at radius 2 is 2.00 bits per heavy atom.